The summed E-state index contributed by atoms with van der Waals surface area (Å²) in [5.41, 5.74) is 3.97. The van der Waals surface area contributed by atoms with E-state index in [-0.39, 0.29) is 18.8 Å². The maximum atomic E-state index is 13.0. The van der Waals surface area contributed by atoms with E-state index in [9.17, 15) is 14.7 Å². The fourth-order valence-electron chi connectivity index (χ4n) is 4.91. The first-order valence-electron chi connectivity index (χ1n) is 14.3. The second-order valence-electron chi connectivity index (χ2n) is 10.3. The summed E-state index contributed by atoms with van der Waals surface area (Å²) < 4.78 is 17.8. The average Bonchev–Trinajstić information content (AvgIpc) is 3.07. The Morgan fingerprint density at radius 3 is 2.48 bits per heavy atom. The standard InChI is InChI=1S/C34H35N3O6S/c1-41-32(39)29(18-23-8-3-2-4-9-23)37-34(40)36-27-11-7-10-26(19-27)33-42-28(22-44-31-12-5-6-17-35-31)20-30(43-33)25-15-13-24(21-38)14-16-25/h2-17,19,28-30,33,38H,18,20-22H2,1H3,(H2,36,37,40)/t28-,29+,30+,33+/m1/s1. The monoisotopic (exact) mass is 613 g/mol. The van der Waals surface area contributed by atoms with E-state index in [0.717, 1.165) is 27.3 Å². The number of nitrogens with one attached hydrogen (secondary N) is 2. The summed E-state index contributed by atoms with van der Waals surface area (Å²) in [7, 11) is 1.30. The number of aliphatic hydroxyl groups is 1. The number of hydrogen-bond acceptors (Lipinski definition) is 8. The lowest BCUT2D eigenvalue weighted by atomic mass is 10.0. The third-order valence-corrected chi connectivity index (χ3v) is 8.24. The van der Waals surface area contributed by atoms with Gasteiger partial charge in [-0.05, 0) is 41.0 Å². The molecule has 5 rings (SSSR count). The molecule has 1 aromatic heterocycles. The van der Waals surface area contributed by atoms with Gasteiger partial charge in [0.25, 0.3) is 0 Å². The fourth-order valence-corrected chi connectivity index (χ4v) is 5.79. The van der Waals surface area contributed by atoms with Gasteiger partial charge >= 0.3 is 12.0 Å². The summed E-state index contributed by atoms with van der Waals surface area (Å²) in [5, 5.41) is 15.9. The molecule has 1 aliphatic rings. The number of amides is 2. The number of aromatic nitrogens is 1. The van der Waals surface area contributed by atoms with Crippen molar-refractivity contribution < 1.29 is 28.9 Å². The highest BCUT2D eigenvalue weighted by molar-refractivity contribution is 7.99. The Kier molecular flexibility index (Phi) is 11.0. The Bertz CT molecular complexity index is 1510. The molecule has 4 aromatic rings. The van der Waals surface area contributed by atoms with Crippen LogP contribution >= 0.6 is 11.8 Å². The summed E-state index contributed by atoms with van der Waals surface area (Å²) in [6.07, 6.45) is 1.64. The molecule has 2 amide bonds. The van der Waals surface area contributed by atoms with Crippen LogP contribution in [0.25, 0.3) is 0 Å². The number of rotatable bonds is 11. The third kappa shape index (κ3) is 8.67. The summed E-state index contributed by atoms with van der Waals surface area (Å²) in [6, 6.07) is 28.8. The van der Waals surface area contributed by atoms with Crippen molar-refractivity contribution in [2.75, 3.05) is 18.2 Å². The average molecular weight is 614 g/mol. The van der Waals surface area contributed by atoms with Gasteiger partial charge in [-0.1, -0.05) is 72.8 Å². The number of esters is 1. The number of methoxy groups -OCH3 is 1. The van der Waals surface area contributed by atoms with Crippen molar-refractivity contribution in [3.63, 3.8) is 0 Å². The van der Waals surface area contributed by atoms with Crippen molar-refractivity contribution in [2.24, 2.45) is 0 Å². The van der Waals surface area contributed by atoms with Crippen LogP contribution in [0, 0.1) is 0 Å². The molecule has 1 saturated heterocycles. The van der Waals surface area contributed by atoms with Crippen molar-refractivity contribution in [1.82, 2.24) is 10.3 Å². The first-order valence-corrected chi connectivity index (χ1v) is 15.3. The van der Waals surface area contributed by atoms with E-state index >= 15 is 0 Å². The number of carbonyl (C=O) groups excluding carboxylic acids is 2. The first kappa shape index (κ1) is 31.2. The zero-order valence-corrected chi connectivity index (χ0v) is 25.1. The Morgan fingerprint density at radius 2 is 1.75 bits per heavy atom. The summed E-state index contributed by atoms with van der Waals surface area (Å²) >= 11 is 1.62. The zero-order chi connectivity index (χ0) is 30.7. The number of nitrogens with zero attached hydrogens (tertiary/aromatic N) is 1. The molecule has 0 unspecified atom stereocenters. The summed E-state index contributed by atoms with van der Waals surface area (Å²) in [5.74, 6) is 0.146. The van der Waals surface area contributed by atoms with Gasteiger partial charge in [0.05, 0.1) is 31.0 Å². The maximum Gasteiger partial charge on any atom is 0.328 e. The van der Waals surface area contributed by atoms with Crippen LogP contribution in [0.1, 0.15) is 41.1 Å². The van der Waals surface area contributed by atoms with Gasteiger partial charge in [-0.25, -0.2) is 14.6 Å². The number of benzene rings is 3. The number of carbonyl (C=O) groups is 2. The molecule has 1 fully saturated rings. The molecule has 0 spiro atoms. The molecule has 9 nitrogen and oxygen atoms in total. The number of ether oxygens (including phenoxy) is 3. The summed E-state index contributed by atoms with van der Waals surface area (Å²) in [6.45, 7) is -0.0269. The van der Waals surface area contributed by atoms with Crippen LogP contribution in [-0.2, 0) is 32.0 Å². The van der Waals surface area contributed by atoms with Crippen molar-refractivity contribution in [3.05, 3.63) is 126 Å². The smallest absolute Gasteiger partial charge is 0.328 e. The van der Waals surface area contributed by atoms with Crippen LogP contribution in [0.5, 0.6) is 0 Å². The highest BCUT2D eigenvalue weighted by Gasteiger charge is 2.32. The minimum atomic E-state index is -0.856. The lowest BCUT2D eigenvalue weighted by Crippen LogP contribution is -2.45. The van der Waals surface area contributed by atoms with Crippen LogP contribution in [0.3, 0.4) is 0 Å². The van der Waals surface area contributed by atoms with E-state index in [1.54, 1.807) is 30.1 Å². The maximum absolute atomic E-state index is 13.0. The second kappa shape index (κ2) is 15.5. The Labute approximate surface area is 261 Å². The fraction of sp³-hybridized carbons (Fsp3) is 0.265. The van der Waals surface area contributed by atoms with Gasteiger partial charge in [0.2, 0.25) is 0 Å². The molecule has 0 radical (unpaired) electrons. The molecule has 4 atom stereocenters. The van der Waals surface area contributed by atoms with Gasteiger partial charge in [-0.2, -0.15) is 0 Å². The second-order valence-corrected chi connectivity index (χ2v) is 11.4. The number of urea groups is 1. The molecule has 3 aromatic carbocycles. The van der Waals surface area contributed by atoms with Crippen LogP contribution in [0.4, 0.5) is 10.5 Å². The van der Waals surface area contributed by atoms with Crippen molar-refractivity contribution in [1.29, 1.82) is 0 Å². The van der Waals surface area contributed by atoms with Gasteiger partial charge in [0.15, 0.2) is 6.29 Å². The highest BCUT2D eigenvalue weighted by atomic mass is 32.2. The lowest BCUT2D eigenvalue weighted by molar-refractivity contribution is -0.245. The minimum absolute atomic E-state index is 0.0269. The van der Waals surface area contributed by atoms with E-state index in [4.69, 9.17) is 14.2 Å². The largest absolute Gasteiger partial charge is 0.467 e. The normalized spacial score (nSPS) is 18.6. The van der Waals surface area contributed by atoms with Crippen molar-refractivity contribution in [3.8, 4) is 0 Å². The lowest BCUT2D eigenvalue weighted by Gasteiger charge is -2.36. The van der Waals surface area contributed by atoms with E-state index < -0.39 is 24.3 Å². The SMILES string of the molecule is COC(=O)[C@H](Cc1ccccc1)NC(=O)Nc1cccc([C@H]2O[C@@H](CSc3ccccn3)C[C@@H](c3ccc(CO)cc3)O2)c1. The van der Waals surface area contributed by atoms with E-state index in [1.807, 2.05) is 84.9 Å². The van der Waals surface area contributed by atoms with Gasteiger partial charge in [0.1, 0.15) is 6.04 Å². The zero-order valence-electron chi connectivity index (χ0n) is 24.3. The van der Waals surface area contributed by atoms with Gasteiger partial charge < -0.3 is 30.0 Å². The molecule has 3 N–H and O–H groups in total. The first-order chi connectivity index (χ1) is 21.5. The topological polar surface area (TPSA) is 119 Å². The molecule has 0 aliphatic carbocycles. The summed E-state index contributed by atoms with van der Waals surface area (Å²) in [4.78, 5) is 29.8. The van der Waals surface area contributed by atoms with Crippen LogP contribution < -0.4 is 10.6 Å². The van der Waals surface area contributed by atoms with Crippen LogP contribution in [0.15, 0.2) is 108 Å². The quantitative estimate of drug-likeness (QED) is 0.143. The third-order valence-electron chi connectivity index (χ3n) is 7.16. The van der Waals surface area contributed by atoms with Crippen LogP contribution in [-0.4, -0.2) is 47.1 Å². The molecular weight excluding hydrogens is 578 g/mol. The molecule has 228 valence electrons. The van der Waals surface area contributed by atoms with Gasteiger partial charge in [-0.15, -0.1) is 11.8 Å². The van der Waals surface area contributed by atoms with Crippen LogP contribution in [0.2, 0.25) is 0 Å². The molecule has 0 saturated carbocycles. The molecule has 2 heterocycles. The van der Waals surface area contributed by atoms with Crippen molar-refractivity contribution in [2.45, 2.75) is 49.0 Å². The van der Waals surface area contributed by atoms with E-state index in [1.165, 1.54) is 7.11 Å². The molecule has 1 aliphatic heterocycles. The molecular formula is C34H35N3O6S. The molecule has 10 heteroatoms. The number of aliphatic hydroxyl groups excluding tert-OH is 1. The Morgan fingerprint density at radius 1 is 0.955 bits per heavy atom. The van der Waals surface area contributed by atoms with Gasteiger partial charge in [0, 0.05) is 36.0 Å². The predicted octanol–water partition coefficient (Wildman–Crippen LogP) is 5.82. The van der Waals surface area contributed by atoms with Gasteiger partial charge in [-0.3, -0.25) is 0 Å². The highest BCUT2D eigenvalue weighted by Crippen LogP contribution is 2.39. The number of hydrogen-bond donors (Lipinski definition) is 3. The predicted molar refractivity (Wildman–Crippen MR) is 168 cm³/mol. The number of anilines is 1. The Hall–Kier alpha value is -4.22. The molecule has 0 bridgehead atoms. The number of thioether (sulfide) groups is 1. The number of pyridine rings is 1. The van der Waals surface area contributed by atoms with E-state index in [0.29, 0.717) is 24.3 Å². The van der Waals surface area contributed by atoms with E-state index in [2.05, 4.69) is 15.6 Å². The minimum Gasteiger partial charge on any atom is -0.467 e. The molecule has 44 heavy (non-hydrogen) atoms. The van der Waals surface area contributed by atoms with Crippen molar-refractivity contribution >= 4 is 29.4 Å². The Balaban J connectivity index is 1.29.